The van der Waals surface area contributed by atoms with Gasteiger partial charge in [0, 0.05) is 42.3 Å². The van der Waals surface area contributed by atoms with Crippen LogP contribution >= 0.6 is 11.6 Å². The third-order valence-corrected chi connectivity index (χ3v) is 7.51. The molecule has 174 valence electrons. The molecule has 2 rings (SSSR count). The molecule has 0 radical (unpaired) electrons. The number of sulfonamides is 1. The number of halogens is 1. The molecular weight excluding hydrogens is 450 g/mol. The number of anilines is 1. The number of nitrogens with zero attached hydrogens (tertiary/aromatic N) is 1. The van der Waals surface area contributed by atoms with Crippen molar-refractivity contribution in [2.24, 2.45) is 0 Å². The Morgan fingerprint density at radius 2 is 1.66 bits per heavy atom. The molecule has 0 saturated heterocycles. The zero-order chi connectivity index (χ0) is 23.9. The van der Waals surface area contributed by atoms with Crippen LogP contribution in [0.4, 0.5) is 5.69 Å². The van der Waals surface area contributed by atoms with Crippen LogP contribution in [0.2, 0.25) is 5.02 Å². The number of carbonyl (C=O) groups excluding carboxylic acids is 2. The maximum absolute atomic E-state index is 12.9. The van der Waals surface area contributed by atoms with Gasteiger partial charge in [0.25, 0.3) is 5.91 Å². The highest BCUT2D eigenvalue weighted by Crippen LogP contribution is 2.26. The van der Waals surface area contributed by atoms with E-state index in [0.717, 1.165) is 11.1 Å². The van der Waals surface area contributed by atoms with E-state index in [-0.39, 0.29) is 23.1 Å². The number of carbonyl (C=O) groups is 2. The molecule has 0 aliphatic rings. The van der Waals surface area contributed by atoms with Crippen LogP contribution in [0.5, 0.6) is 0 Å². The van der Waals surface area contributed by atoms with Gasteiger partial charge in [-0.05, 0) is 67.8 Å². The molecule has 0 aliphatic carbocycles. The number of nitrogens with one attached hydrogen (secondary N) is 2. The van der Waals surface area contributed by atoms with E-state index in [9.17, 15) is 18.0 Å². The number of hydrogen-bond acceptors (Lipinski definition) is 4. The SMILES string of the molecule is CCN(CC)S(=O)(=O)c1cc(C)c(C)c(NC(=O)CCCNC(=O)c2ccc(Cl)cc2)c1. The molecule has 2 aromatic rings. The largest absolute Gasteiger partial charge is 0.352 e. The molecule has 0 bridgehead atoms. The van der Waals surface area contributed by atoms with Gasteiger partial charge in [0.1, 0.15) is 0 Å². The molecular formula is C23H30ClN3O4S. The van der Waals surface area contributed by atoms with Crippen molar-refractivity contribution in [1.82, 2.24) is 9.62 Å². The van der Waals surface area contributed by atoms with E-state index in [1.807, 2.05) is 13.8 Å². The predicted molar refractivity (Wildman–Crippen MR) is 128 cm³/mol. The lowest BCUT2D eigenvalue weighted by Gasteiger charge is -2.20. The van der Waals surface area contributed by atoms with Crippen LogP contribution in [-0.2, 0) is 14.8 Å². The molecule has 2 aromatic carbocycles. The van der Waals surface area contributed by atoms with E-state index in [4.69, 9.17) is 11.6 Å². The van der Waals surface area contributed by atoms with Crippen LogP contribution in [0.3, 0.4) is 0 Å². The summed E-state index contributed by atoms with van der Waals surface area (Å²) in [5.41, 5.74) is 2.57. The van der Waals surface area contributed by atoms with Crippen LogP contribution in [0.15, 0.2) is 41.3 Å². The lowest BCUT2D eigenvalue weighted by molar-refractivity contribution is -0.116. The van der Waals surface area contributed by atoms with E-state index in [1.165, 1.54) is 10.4 Å². The highest BCUT2D eigenvalue weighted by Gasteiger charge is 2.23. The van der Waals surface area contributed by atoms with E-state index in [0.29, 0.717) is 42.3 Å². The molecule has 9 heteroatoms. The number of benzene rings is 2. The smallest absolute Gasteiger partial charge is 0.251 e. The van der Waals surface area contributed by atoms with Crippen molar-refractivity contribution in [3.8, 4) is 0 Å². The third kappa shape index (κ3) is 6.54. The summed E-state index contributed by atoms with van der Waals surface area (Å²) in [6.45, 7) is 8.31. The molecule has 0 fully saturated rings. The summed E-state index contributed by atoms with van der Waals surface area (Å²) >= 11 is 5.82. The van der Waals surface area contributed by atoms with Gasteiger partial charge in [-0.3, -0.25) is 9.59 Å². The molecule has 0 saturated carbocycles. The maximum Gasteiger partial charge on any atom is 0.251 e. The Labute approximate surface area is 195 Å². The van der Waals surface area contributed by atoms with Crippen molar-refractivity contribution >= 4 is 39.1 Å². The summed E-state index contributed by atoms with van der Waals surface area (Å²) in [6.07, 6.45) is 0.632. The fraction of sp³-hybridized carbons (Fsp3) is 0.391. The summed E-state index contributed by atoms with van der Waals surface area (Å²) in [5, 5.41) is 6.13. The minimum atomic E-state index is -3.63. The van der Waals surface area contributed by atoms with Gasteiger partial charge in [0.15, 0.2) is 0 Å². The Morgan fingerprint density at radius 1 is 1.03 bits per heavy atom. The van der Waals surface area contributed by atoms with Gasteiger partial charge < -0.3 is 10.6 Å². The topological polar surface area (TPSA) is 95.6 Å². The molecule has 0 atom stereocenters. The van der Waals surface area contributed by atoms with E-state index in [1.54, 1.807) is 44.2 Å². The lowest BCUT2D eigenvalue weighted by atomic mass is 10.1. The van der Waals surface area contributed by atoms with Gasteiger partial charge in [-0.25, -0.2) is 8.42 Å². The minimum absolute atomic E-state index is 0.162. The van der Waals surface area contributed by atoms with Gasteiger partial charge in [0.05, 0.1) is 4.90 Å². The Bertz CT molecular complexity index is 1070. The number of amides is 2. The number of aryl methyl sites for hydroxylation is 1. The first-order valence-corrected chi connectivity index (χ1v) is 12.4. The average Bonchev–Trinajstić information content (AvgIpc) is 2.75. The highest BCUT2D eigenvalue weighted by molar-refractivity contribution is 7.89. The molecule has 0 heterocycles. The van der Waals surface area contributed by atoms with Gasteiger partial charge in [-0.15, -0.1) is 0 Å². The zero-order valence-corrected chi connectivity index (χ0v) is 20.4. The van der Waals surface area contributed by atoms with Crippen molar-refractivity contribution in [2.75, 3.05) is 25.0 Å². The standard InChI is InChI=1S/C23H30ClN3O4S/c1-5-27(6-2)32(30,31)20-14-16(3)17(4)21(15-20)26-22(28)8-7-13-25-23(29)18-9-11-19(24)12-10-18/h9-12,14-15H,5-8,13H2,1-4H3,(H,25,29)(H,26,28). The monoisotopic (exact) mass is 479 g/mol. The van der Waals surface area contributed by atoms with Crippen molar-refractivity contribution < 1.29 is 18.0 Å². The first kappa shape index (κ1) is 25.8. The first-order chi connectivity index (χ1) is 15.1. The summed E-state index contributed by atoms with van der Waals surface area (Å²) in [7, 11) is -3.63. The molecule has 0 spiro atoms. The Balaban J connectivity index is 1.98. The van der Waals surface area contributed by atoms with Crippen molar-refractivity contribution in [3.63, 3.8) is 0 Å². The summed E-state index contributed by atoms with van der Waals surface area (Å²) in [6, 6.07) is 9.69. The van der Waals surface area contributed by atoms with Crippen molar-refractivity contribution in [1.29, 1.82) is 0 Å². The lowest BCUT2D eigenvalue weighted by Crippen LogP contribution is -2.30. The van der Waals surface area contributed by atoms with E-state index in [2.05, 4.69) is 10.6 Å². The van der Waals surface area contributed by atoms with Crippen LogP contribution in [0, 0.1) is 13.8 Å². The van der Waals surface area contributed by atoms with E-state index < -0.39 is 10.0 Å². The number of hydrogen-bond donors (Lipinski definition) is 2. The Morgan fingerprint density at radius 3 is 2.25 bits per heavy atom. The minimum Gasteiger partial charge on any atom is -0.352 e. The van der Waals surface area contributed by atoms with Crippen LogP contribution in [0.25, 0.3) is 0 Å². The molecule has 2 N–H and O–H groups in total. The molecule has 2 amide bonds. The first-order valence-electron chi connectivity index (χ1n) is 10.5. The summed E-state index contributed by atoms with van der Waals surface area (Å²) in [5.74, 6) is -0.478. The predicted octanol–water partition coefficient (Wildman–Crippen LogP) is 4.14. The second-order valence-corrected chi connectivity index (χ2v) is 9.79. The quantitative estimate of drug-likeness (QED) is 0.500. The molecule has 0 aromatic heterocycles. The van der Waals surface area contributed by atoms with Crippen LogP contribution < -0.4 is 10.6 Å². The molecule has 0 unspecified atom stereocenters. The van der Waals surface area contributed by atoms with Gasteiger partial charge >= 0.3 is 0 Å². The second-order valence-electron chi connectivity index (χ2n) is 7.42. The third-order valence-electron chi connectivity index (χ3n) is 5.23. The summed E-state index contributed by atoms with van der Waals surface area (Å²) < 4.78 is 27.1. The Kier molecular flexibility index (Phi) is 9.24. The van der Waals surface area contributed by atoms with Crippen LogP contribution in [-0.4, -0.2) is 44.2 Å². The molecule has 0 aliphatic heterocycles. The fourth-order valence-corrected chi connectivity index (χ4v) is 4.88. The van der Waals surface area contributed by atoms with Crippen LogP contribution in [0.1, 0.15) is 48.2 Å². The maximum atomic E-state index is 12.9. The van der Waals surface area contributed by atoms with Crippen molar-refractivity contribution in [2.45, 2.75) is 45.4 Å². The Hall–Kier alpha value is -2.42. The highest BCUT2D eigenvalue weighted by atomic mass is 35.5. The second kappa shape index (κ2) is 11.4. The fourth-order valence-electron chi connectivity index (χ4n) is 3.18. The average molecular weight is 480 g/mol. The van der Waals surface area contributed by atoms with Gasteiger partial charge in [-0.2, -0.15) is 4.31 Å². The zero-order valence-electron chi connectivity index (χ0n) is 18.9. The number of rotatable bonds is 10. The molecule has 32 heavy (non-hydrogen) atoms. The van der Waals surface area contributed by atoms with E-state index >= 15 is 0 Å². The summed E-state index contributed by atoms with van der Waals surface area (Å²) in [4.78, 5) is 24.7. The van der Waals surface area contributed by atoms with Gasteiger partial charge in [-0.1, -0.05) is 25.4 Å². The normalized spacial score (nSPS) is 11.4. The van der Waals surface area contributed by atoms with Gasteiger partial charge in [0.2, 0.25) is 15.9 Å². The van der Waals surface area contributed by atoms with Crippen molar-refractivity contribution in [3.05, 3.63) is 58.1 Å². The molecule has 7 nitrogen and oxygen atoms in total.